The highest BCUT2D eigenvalue weighted by Gasteiger charge is 1.92. The van der Waals surface area contributed by atoms with Crippen molar-refractivity contribution in [3.63, 3.8) is 0 Å². The first kappa shape index (κ1) is 10.3. The Balaban J connectivity index is 2.62. The molecule has 0 spiro atoms. The molecule has 14 heavy (non-hydrogen) atoms. The number of hydrogen-bond acceptors (Lipinski definition) is 2. The zero-order chi connectivity index (χ0) is 10.4. The van der Waals surface area contributed by atoms with Crippen LogP contribution in [0.4, 0.5) is 0 Å². The van der Waals surface area contributed by atoms with Crippen molar-refractivity contribution in [2.45, 2.75) is 19.8 Å². The maximum Gasteiger partial charge on any atom is 0.381 e. The molecule has 1 rings (SSSR count). The summed E-state index contributed by atoms with van der Waals surface area (Å²) >= 11 is 0. The van der Waals surface area contributed by atoms with Crippen molar-refractivity contribution in [3.05, 3.63) is 29.6 Å². The van der Waals surface area contributed by atoms with Gasteiger partial charge in [0.05, 0.1) is 12.1 Å². The molecule has 3 nitrogen and oxygen atoms in total. The third kappa shape index (κ3) is 3.28. The van der Waals surface area contributed by atoms with E-state index in [1.165, 1.54) is 5.56 Å². The monoisotopic (exact) mass is 189 g/mol. The summed E-state index contributed by atoms with van der Waals surface area (Å²) in [6, 6.07) is 3.85. The van der Waals surface area contributed by atoms with Gasteiger partial charge in [0.25, 0.3) is 0 Å². The highest BCUT2D eigenvalue weighted by Crippen LogP contribution is 2.00. The fraction of sp³-hybridized carbons (Fsp3) is 0.273. The smallest absolute Gasteiger partial charge is 0.381 e. The minimum absolute atomic E-state index is 0.385. The Morgan fingerprint density at radius 1 is 1.57 bits per heavy atom. The molecule has 1 aromatic rings. The van der Waals surface area contributed by atoms with Crippen LogP contribution in [0, 0.1) is 11.8 Å². The molecule has 0 unspecified atom stereocenters. The van der Waals surface area contributed by atoms with Crippen LogP contribution in [0.3, 0.4) is 0 Å². The van der Waals surface area contributed by atoms with Crippen molar-refractivity contribution < 1.29 is 9.90 Å². The lowest BCUT2D eigenvalue weighted by molar-refractivity contribution is -0.130. The standard InChI is InChI=1S/C11H11NO2/c1-2-9-6-7-10(12-8-9)4-3-5-11(13)14/h6-8H,2,4H2,1H3,(H,13,14). The second kappa shape index (κ2) is 5.03. The first-order valence-corrected chi connectivity index (χ1v) is 4.38. The molecular formula is C11H11NO2. The summed E-state index contributed by atoms with van der Waals surface area (Å²) in [6.45, 7) is 2.06. The van der Waals surface area contributed by atoms with Gasteiger partial charge in [0, 0.05) is 12.1 Å². The maximum absolute atomic E-state index is 10.1. The van der Waals surface area contributed by atoms with E-state index < -0.39 is 5.97 Å². The average Bonchev–Trinajstić information content (AvgIpc) is 2.18. The van der Waals surface area contributed by atoms with Crippen molar-refractivity contribution in [1.29, 1.82) is 0 Å². The molecule has 0 aliphatic rings. The van der Waals surface area contributed by atoms with Gasteiger partial charge in [0.1, 0.15) is 0 Å². The number of carboxylic acids is 1. The zero-order valence-corrected chi connectivity index (χ0v) is 7.95. The third-order valence-corrected chi connectivity index (χ3v) is 1.76. The molecule has 0 saturated heterocycles. The summed E-state index contributed by atoms with van der Waals surface area (Å²) in [5.74, 6) is 3.47. The molecule has 72 valence electrons. The fourth-order valence-electron chi connectivity index (χ4n) is 0.979. The first-order valence-electron chi connectivity index (χ1n) is 4.38. The molecule has 0 fully saturated rings. The van der Waals surface area contributed by atoms with Crippen molar-refractivity contribution in [1.82, 2.24) is 4.98 Å². The second-order valence-electron chi connectivity index (χ2n) is 2.80. The van der Waals surface area contributed by atoms with E-state index in [1.54, 1.807) is 6.20 Å². The topological polar surface area (TPSA) is 50.2 Å². The molecule has 0 bridgehead atoms. The van der Waals surface area contributed by atoms with E-state index in [0.717, 1.165) is 12.1 Å². The van der Waals surface area contributed by atoms with Gasteiger partial charge in [-0.1, -0.05) is 18.9 Å². The largest absolute Gasteiger partial charge is 0.472 e. The predicted octanol–water partition coefficient (Wildman–Crippen LogP) is 1.27. The number of rotatable bonds is 2. The predicted molar refractivity (Wildman–Crippen MR) is 52.7 cm³/mol. The van der Waals surface area contributed by atoms with E-state index in [9.17, 15) is 4.79 Å². The molecule has 1 heterocycles. The highest BCUT2D eigenvalue weighted by molar-refractivity contribution is 5.86. The molecule has 0 atom stereocenters. The summed E-state index contributed by atoms with van der Waals surface area (Å²) in [7, 11) is 0. The molecule has 0 radical (unpaired) electrons. The molecule has 0 amide bonds. The van der Waals surface area contributed by atoms with Crippen molar-refractivity contribution in [2.24, 2.45) is 0 Å². The zero-order valence-electron chi connectivity index (χ0n) is 7.95. The quantitative estimate of drug-likeness (QED) is 0.713. The van der Waals surface area contributed by atoms with E-state index in [1.807, 2.05) is 18.1 Å². The van der Waals surface area contributed by atoms with Crippen LogP contribution in [-0.2, 0) is 17.6 Å². The minimum atomic E-state index is -1.10. The molecule has 1 N–H and O–H groups in total. The normalized spacial score (nSPS) is 8.93. The van der Waals surface area contributed by atoms with Gasteiger partial charge < -0.3 is 5.11 Å². The van der Waals surface area contributed by atoms with Crippen LogP contribution >= 0.6 is 0 Å². The number of carbonyl (C=O) groups is 1. The van der Waals surface area contributed by atoms with Crippen LogP contribution in [0.25, 0.3) is 0 Å². The Morgan fingerprint density at radius 2 is 2.36 bits per heavy atom. The van der Waals surface area contributed by atoms with Crippen LogP contribution in [0.2, 0.25) is 0 Å². The van der Waals surface area contributed by atoms with Crippen LogP contribution < -0.4 is 0 Å². The second-order valence-corrected chi connectivity index (χ2v) is 2.80. The van der Waals surface area contributed by atoms with Crippen LogP contribution in [-0.4, -0.2) is 16.1 Å². The molecule has 0 saturated carbocycles. The molecule has 0 aliphatic carbocycles. The number of carboxylic acid groups (broad SMARTS) is 1. The Labute approximate surface area is 82.8 Å². The van der Waals surface area contributed by atoms with Crippen LogP contribution in [0.1, 0.15) is 18.2 Å². The summed E-state index contributed by atoms with van der Waals surface area (Å²) in [5, 5.41) is 8.28. The minimum Gasteiger partial charge on any atom is -0.472 e. The molecule has 3 heteroatoms. The SMILES string of the molecule is CCc1ccc(CC#CC(=O)O)nc1. The van der Waals surface area contributed by atoms with Gasteiger partial charge in [-0.2, -0.15) is 0 Å². The van der Waals surface area contributed by atoms with E-state index in [0.29, 0.717) is 6.42 Å². The number of hydrogen-bond donors (Lipinski definition) is 1. The van der Waals surface area contributed by atoms with Gasteiger partial charge in [-0.25, -0.2) is 4.79 Å². The van der Waals surface area contributed by atoms with Gasteiger partial charge in [-0.15, -0.1) is 0 Å². The lowest BCUT2D eigenvalue weighted by Gasteiger charge is -1.96. The fourth-order valence-corrected chi connectivity index (χ4v) is 0.979. The highest BCUT2D eigenvalue weighted by atomic mass is 16.4. The van der Waals surface area contributed by atoms with Gasteiger partial charge in [0.15, 0.2) is 0 Å². The third-order valence-electron chi connectivity index (χ3n) is 1.76. The summed E-state index contributed by atoms with van der Waals surface area (Å²) in [5.41, 5.74) is 1.97. The maximum atomic E-state index is 10.1. The molecule has 0 aromatic carbocycles. The van der Waals surface area contributed by atoms with E-state index >= 15 is 0 Å². The van der Waals surface area contributed by atoms with Crippen LogP contribution in [0.15, 0.2) is 18.3 Å². The Bertz CT molecular complexity index is 371. The summed E-state index contributed by atoms with van der Waals surface area (Å²) in [6.07, 6.45) is 3.13. The van der Waals surface area contributed by atoms with Crippen molar-refractivity contribution in [3.8, 4) is 11.8 Å². The number of aryl methyl sites for hydroxylation is 1. The number of aromatic nitrogens is 1. The van der Waals surface area contributed by atoms with E-state index in [4.69, 9.17) is 5.11 Å². The van der Waals surface area contributed by atoms with Crippen molar-refractivity contribution >= 4 is 5.97 Å². The van der Waals surface area contributed by atoms with Gasteiger partial charge in [0.2, 0.25) is 0 Å². The van der Waals surface area contributed by atoms with Crippen molar-refractivity contribution in [2.75, 3.05) is 0 Å². The van der Waals surface area contributed by atoms with E-state index in [-0.39, 0.29) is 0 Å². The van der Waals surface area contributed by atoms with E-state index in [2.05, 4.69) is 17.8 Å². The van der Waals surface area contributed by atoms with Gasteiger partial charge in [-0.05, 0) is 18.1 Å². The number of nitrogens with zero attached hydrogens (tertiary/aromatic N) is 1. The van der Waals surface area contributed by atoms with Crippen LogP contribution in [0.5, 0.6) is 0 Å². The van der Waals surface area contributed by atoms with Gasteiger partial charge >= 0.3 is 5.97 Å². The average molecular weight is 189 g/mol. The first-order chi connectivity index (χ1) is 6.72. The number of pyridine rings is 1. The Hall–Kier alpha value is -1.82. The Morgan fingerprint density at radius 3 is 2.86 bits per heavy atom. The molecular weight excluding hydrogens is 178 g/mol. The Kier molecular flexibility index (Phi) is 3.69. The molecule has 0 aliphatic heterocycles. The molecule has 1 aromatic heterocycles. The summed E-state index contributed by atoms with van der Waals surface area (Å²) < 4.78 is 0. The van der Waals surface area contributed by atoms with Gasteiger partial charge in [-0.3, -0.25) is 4.98 Å². The number of aliphatic carboxylic acids is 1. The lowest BCUT2D eigenvalue weighted by Crippen LogP contribution is -1.91. The summed E-state index contributed by atoms with van der Waals surface area (Å²) in [4.78, 5) is 14.2. The lowest BCUT2D eigenvalue weighted by atomic mass is 10.2.